The Morgan fingerprint density at radius 2 is 1.93 bits per heavy atom. The van der Waals surface area contributed by atoms with Gasteiger partial charge in [0.05, 0.1) is 18.0 Å². The van der Waals surface area contributed by atoms with E-state index in [0.717, 1.165) is 27.0 Å². The van der Waals surface area contributed by atoms with Gasteiger partial charge in [-0.2, -0.15) is 5.10 Å². The first-order valence-corrected chi connectivity index (χ1v) is 9.86. The second kappa shape index (κ2) is 8.45. The van der Waals surface area contributed by atoms with Gasteiger partial charge in [0.1, 0.15) is 0 Å². The lowest BCUT2D eigenvalue weighted by molar-refractivity contribution is -0.156. The Labute approximate surface area is 175 Å². The fraction of sp³-hybridized carbons (Fsp3) is 0.136. The van der Waals surface area contributed by atoms with E-state index in [1.807, 2.05) is 60.8 Å². The normalized spacial score (nSPS) is 16.2. The quantitative estimate of drug-likeness (QED) is 0.429. The van der Waals surface area contributed by atoms with Gasteiger partial charge in [0.15, 0.2) is 0 Å². The summed E-state index contributed by atoms with van der Waals surface area (Å²) in [5.41, 5.74) is 3.30. The molecule has 7 heteroatoms. The number of esters is 2. The molecule has 0 N–H and O–H groups in total. The van der Waals surface area contributed by atoms with Crippen molar-refractivity contribution in [2.24, 2.45) is 0 Å². The predicted octanol–water partition coefficient (Wildman–Crippen LogP) is 4.17. The SMILES string of the molecule is O=C(C=Cc1cn(-c2ccccc2)nc1-c1ccc(Br)cc1)OC1CCOC1=O. The molecule has 29 heavy (non-hydrogen) atoms. The zero-order valence-corrected chi connectivity index (χ0v) is 16.9. The van der Waals surface area contributed by atoms with Crippen molar-refractivity contribution in [2.45, 2.75) is 12.5 Å². The van der Waals surface area contributed by atoms with Crippen molar-refractivity contribution in [3.8, 4) is 16.9 Å². The molecule has 0 saturated carbocycles. The third-order valence-electron chi connectivity index (χ3n) is 4.43. The van der Waals surface area contributed by atoms with Gasteiger partial charge >= 0.3 is 11.9 Å². The lowest BCUT2D eigenvalue weighted by Gasteiger charge is -2.05. The summed E-state index contributed by atoms with van der Waals surface area (Å²) in [6.45, 7) is 0.276. The Bertz CT molecular complexity index is 1060. The van der Waals surface area contributed by atoms with Crippen LogP contribution in [0.2, 0.25) is 0 Å². The number of benzene rings is 2. The molecule has 1 aliphatic heterocycles. The van der Waals surface area contributed by atoms with E-state index in [4.69, 9.17) is 14.6 Å². The summed E-state index contributed by atoms with van der Waals surface area (Å²) in [4.78, 5) is 23.6. The topological polar surface area (TPSA) is 70.4 Å². The third-order valence-corrected chi connectivity index (χ3v) is 4.95. The average molecular weight is 453 g/mol. The van der Waals surface area contributed by atoms with E-state index >= 15 is 0 Å². The van der Waals surface area contributed by atoms with Crippen LogP contribution in [0.5, 0.6) is 0 Å². The third kappa shape index (κ3) is 4.46. The first kappa shape index (κ1) is 19.1. The van der Waals surface area contributed by atoms with Gasteiger partial charge in [-0.15, -0.1) is 0 Å². The smallest absolute Gasteiger partial charge is 0.347 e. The van der Waals surface area contributed by atoms with Crippen molar-refractivity contribution in [1.82, 2.24) is 9.78 Å². The molecule has 1 unspecified atom stereocenters. The van der Waals surface area contributed by atoms with Crippen LogP contribution in [-0.4, -0.2) is 34.4 Å². The van der Waals surface area contributed by atoms with Crippen molar-refractivity contribution in [1.29, 1.82) is 0 Å². The van der Waals surface area contributed by atoms with Gasteiger partial charge in [0, 0.05) is 34.3 Å². The predicted molar refractivity (Wildman–Crippen MR) is 111 cm³/mol. The molecule has 0 aliphatic carbocycles. The van der Waals surface area contributed by atoms with Crippen molar-refractivity contribution in [2.75, 3.05) is 6.61 Å². The van der Waals surface area contributed by atoms with Gasteiger partial charge < -0.3 is 9.47 Å². The molecular formula is C22H17BrN2O4. The summed E-state index contributed by atoms with van der Waals surface area (Å²) >= 11 is 3.44. The number of rotatable bonds is 5. The largest absolute Gasteiger partial charge is 0.463 e. The highest BCUT2D eigenvalue weighted by Gasteiger charge is 2.29. The van der Waals surface area contributed by atoms with E-state index in [2.05, 4.69) is 15.9 Å². The molecule has 6 nitrogen and oxygen atoms in total. The molecule has 1 atom stereocenters. The van der Waals surface area contributed by atoms with Gasteiger partial charge in [0.2, 0.25) is 6.10 Å². The van der Waals surface area contributed by atoms with E-state index in [0.29, 0.717) is 6.42 Å². The zero-order valence-electron chi connectivity index (χ0n) is 15.3. The number of ether oxygens (including phenoxy) is 2. The second-order valence-electron chi connectivity index (χ2n) is 6.44. The number of cyclic esters (lactones) is 1. The maximum absolute atomic E-state index is 12.1. The maximum atomic E-state index is 12.1. The van der Waals surface area contributed by atoms with Crippen LogP contribution >= 0.6 is 15.9 Å². The molecule has 146 valence electrons. The number of halogens is 1. The molecule has 1 fully saturated rings. The molecule has 1 aromatic heterocycles. The van der Waals surface area contributed by atoms with Crippen LogP contribution in [0.15, 0.2) is 71.3 Å². The minimum atomic E-state index is -0.829. The van der Waals surface area contributed by atoms with E-state index in [1.54, 1.807) is 10.8 Å². The maximum Gasteiger partial charge on any atom is 0.347 e. The minimum absolute atomic E-state index is 0.276. The summed E-state index contributed by atoms with van der Waals surface area (Å²) in [6.07, 6.45) is 4.35. The average Bonchev–Trinajstić information content (AvgIpc) is 3.34. The number of para-hydroxylation sites is 1. The number of carbonyl (C=O) groups excluding carboxylic acids is 2. The molecule has 0 spiro atoms. The van der Waals surface area contributed by atoms with Crippen LogP contribution in [0.4, 0.5) is 0 Å². The van der Waals surface area contributed by atoms with Crippen LogP contribution in [0.25, 0.3) is 23.0 Å². The lowest BCUT2D eigenvalue weighted by Crippen LogP contribution is -2.21. The highest BCUT2D eigenvalue weighted by atomic mass is 79.9. The van der Waals surface area contributed by atoms with Crippen LogP contribution in [-0.2, 0) is 19.1 Å². The number of hydrogen-bond donors (Lipinski definition) is 0. The zero-order chi connectivity index (χ0) is 20.2. The molecule has 0 amide bonds. The van der Waals surface area contributed by atoms with Crippen LogP contribution in [0.3, 0.4) is 0 Å². The Balaban J connectivity index is 1.63. The Morgan fingerprint density at radius 1 is 1.17 bits per heavy atom. The van der Waals surface area contributed by atoms with Gasteiger partial charge in [-0.05, 0) is 30.3 Å². The van der Waals surface area contributed by atoms with Crippen LogP contribution in [0, 0.1) is 0 Å². The molecule has 1 saturated heterocycles. The molecule has 0 radical (unpaired) electrons. The highest BCUT2D eigenvalue weighted by Crippen LogP contribution is 2.26. The molecule has 1 aliphatic rings. The molecule has 2 aromatic carbocycles. The van der Waals surface area contributed by atoms with Crippen LogP contribution in [0.1, 0.15) is 12.0 Å². The highest BCUT2D eigenvalue weighted by molar-refractivity contribution is 9.10. The molecule has 0 bridgehead atoms. The van der Waals surface area contributed by atoms with Gasteiger partial charge in [-0.3, -0.25) is 0 Å². The fourth-order valence-corrected chi connectivity index (χ4v) is 3.24. The van der Waals surface area contributed by atoms with Gasteiger partial charge in [-0.1, -0.05) is 46.3 Å². The lowest BCUT2D eigenvalue weighted by atomic mass is 10.1. The van der Waals surface area contributed by atoms with E-state index in [9.17, 15) is 9.59 Å². The Morgan fingerprint density at radius 3 is 2.62 bits per heavy atom. The van der Waals surface area contributed by atoms with Gasteiger partial charge in [0.25, 0.3) is 0 Å². The molecular weight excluding hydrogens is 436 g/mol. The van der Waals surface area contributed by atoms with Crippen molar-refractivity contribution in [3.63, 3.8) is 0 Å². The first-order valence-electron chi connectivity index (χ1n) is 9.06. The number of carbonyl (C=O) groups is 2. The Kier molecular flexibility index (Phi) is 5.57. The van der Waals surface area contributed by atoms with Crippen molar-refractivity contribution < 1.29 is 19.1 Å². The molecule has 2 heterocycles. The fourth-order valence-electron chi connectivity index (χ4n) is 2.98. The van der Waals surface area contributed by atoms with Crippen LogP contribution < -0.4 is 0 Å². The van der Waals surface area contributed by atoms with E-state index in [-0.39, 0.29) is 6.61 Å². The minimum Gasteiger partial charge on any atom is -0.463 e. The van der Waals surface area contributed by atoms with Crippen molar-refractivity contribution in [3.05, 3.63) is 76.9 Å². The second-order valence-corrected chi connectivity index (χ2v) is 7.35. The van der Waals surface area contributed by atoms with E-state index in [1.165, 1.54) is 6.08 Å². The first-order chi connectivity index (χ1) is 14.1. The van der Waals surface area contributed by atoms with E-state index < -0.39 is 18.0 Å². The molecule has 3 aromatic rings. The molecule has 4 rings (SSSR count). The summed E-state index contributed by atoms with van der Waals surface area (Å²) in [7, 11) is 0. The number of nitrogens with zero attached hydrogens (tertiary/aromatic N) is 2. The number of aromatic nitrogens is 2. The number of hydrogen-bond acceptors (Lipinski definition) is 5. The standard InChI is InChI=1S/C22H17BrN2O4/c23-17-9-6-15(7-10-17)21-16(14-25(24-21)18-4-2-1-3-5-18)8-11-20(26)29-19-12-13-28-22(19)27/h1-11,14,19H,12-13H2. The summed E-state index contributed by atoms with van der Waals surface area (Å²) in [6, 6.07) is 17.5. The summed E-state index contributed by atoms with van der Waals surface area (Å²) in [5.74, 6) is -1.10. The summed E-state index contributed by atoms with van der Waals surface area (Å²) in [5, 5.41) is 4.70. The summed E-state index contributed by atoms with van der Waals surface area (Å²) < 4.78 is 12.7. The van der Waals surface area contributed by atoms with Gasteiger partial charge in [-0.25, -0.2) is 14.3 Å². The Hall–Kier alpha value is -3.19. The van der Waals surface area contributed by atoms with Crippen molar-refractivity contribution >= 4 is 33.9 Å². The monoisotopic (exact) mass is 452 g/mol.